The van der Waals surface area contributed by atoms with Gasteiger partial charge < -0.3 is 5.73 Å². The SMILES string of the molecule is CC1CCCN(S(=O)(=O)N(C)CC(C)(C)CN)C1. The van der Waals surface area contributed by atoms with E-state index >= 15 is 0 Å². The number of hydrogen-bond acceptors (Lipinski definition) is 3. The molecule has 0 spiro atoms. The van der Waals surface area contributed by atoms with Gasteiger partial charge in [0.2, 0.25) is 0 Å². The second-order valence-corrected chi connectivity index (χ2v) is 8.27. The van der Waals surface area contributed by atoms with E-state index in [1.165, 1.54) is 4.31 Å². The van der Waals surface area contributed by atoms with Gasteiger partial charge in [-0.3, -0.25) is 0 Å². The van der Waals surface area contributed by atoms with Crippen LogP contribution in [0.5, 0.6) is 0 Å². The molecule has 1 rings (SSSR count). The van der Waals surface area contributed by atoms with E-state index in [0.717, 1.165) is 12.8 Å². The molecule has 1 aliphatic rings. The summed E-state index contributed by atoms with van der Waals surface area (Å²) < 4.78 is 27.9. The van der Waals surface area contributed by atoms with Crippen LogP contribution in [-0.4, -0.2) is 50.3 Å². The Kier molecular flexibility index (Phi) is 5.17. The van der Waals surface area contributed by atoms with Crippen molar-refractivity contribution in [3.8, 4) is 0 Å². The molecule has 0 amide bonds. The van der Waals surface area contributed by atoms with Crippen molar-refractivity contribution in [2.45, 2.75) is 33.6 Å². The third-order valence-corrected chi connectivity index (χ3v) is 5.44. The number of rotatable bonds is 5. The van der Waals surface area contributed by atoms with Crippen molar-refractivity contribution in [3.05, 3.63) is 0 Å². The summed E-state index contributed by atoms with van der Waals surface area (Å²) in [6, 6.07) is 0. The van der Waals surface area contributed by atoms with Crippen LogP contribution in [0.2, 0.25) is 0 Å². The highest BCUT2D eigenvalue weighted by molar-refractivity contribution is 7.86. The Bertz CT molecular complexity index is 368. The first-order chi connectivity index (χ1) is 8.19. The van der Waals surface area contributed by atoms with Gasteiger partial charge >= 0.3 is 0 Å². The molecule has 1 heterocycles. The van der Waals surface area contributed by atoms with Crippen molar-refractivity contribution in [1.29, 1.82) is 0 Å². The average Bonchev–Trinajstić information content (AvgIpc) is 2.28. The third-order valence-electron chi connectivity index (χ3n) is 3.54. The maximum atomic E-state index is 12.4. The molecule has 1 saturated heterocycles. The van der Waals surface area contributed by atoms with E-state index in [2.05, 4.69) is 6.92 Å². The molecule has 0 aliphatic carbocycles. The molecule has 0 aromatic carbocycles. The van der Waals surface area contributed by atoms with Gasteiger partial charge in [-0.05, 0) is 30.7 Å². The Morgan fingerprint density at radius 1 is 1.44 bits per heavy atom. The Balaban J connectivity index is 2.73. The van der Waals surface area contributed by atoms with Gasteiger partial charge in [0, 0.05) is 26.7 Å². The molecule has 18 heavy (non-hydrogen) atoms. The van der Waals surface area contributed by atoms with Gasteiger partial charge in [0.15, 0.2) is 0 Å². The maximum Gasteiger partial charge on any atom is 0.281 e. The summed E-state index contributed by atoms with van der Waals surface area (Å²) in [4.78, 5) is 0. The molecule has 1 unspecified atom stereocenters. The topological polar surface area (TPSA) is 66.6 Å². The van der Waals surface area contributed by atoms with E-state index < -0.39 is 10.2 Å². The first-order valence-corrected chi connectivity index (χ1v) is 8.00. The largest absolute Gasteiger partial charge is 0.330 e. The van der Waals surface area contributed by atoms with E-state index in [4.69, 9.17) is 5.73 Å². The standard InChI is InChI=1S/C12H27N3O2S/c1-11-6-5-7-15(8-11)18(16,17)14(4)10-12(2,3)9-13/h11H,5-10,13H2,1-4H3. The minimum Gasteiger partial charge on any atom is -0.330 e. The molecule has 2 N–H and O–H groups in total. The zero-order chi connectivity index (χ0) is 14.0. The number of piperidine rings is 1. The van der Waals surface area contributed by atoms with Crippen molar-refractivity contribution in [2.75, 3.05) is 33.2 Å². The van der Waals surface area contributed by atoms with Crippen molar-refractivity contribution in [1.82, 2.24) is 8.61 Å². The lowest BCUT2D eigenvalue weighted by molar-refractivity contribution is 0.240. The van der Waals surface area contributed by atoms with Gasteiger partial charge in [-0.15, -0.1) is 0 Å². The minimum absolute atomic E-state index is 0.191. The average molecular weight is 277 g/mol. The molecule has 0 aromatic heterocycles. The molecule has 0 saturated carbocycles. The third kappa shape index (κ3) is 3.91. The van der Waals surface area contributed by atoms with Gasteiger partial charge in [0.1, 0.15) is 0 Å². The van der Waals surface area contributed by atoms with E-state index in [-0.39, 0.29) is 5.41 Å². The minimum atomic E-state index is -3.33. The van der Waals surface area contributed by atoms with Crippen LogP contribution >= 0.6 is 0 Å². The Morgan fingerprint density at radius 2 is 2.06 bits per heavy atom. The summed E-state index contributed by atoms with van der Waals surface area (Å²) >= 11 is 0. The molecular weight excluding hydrogens is 250 g/mol. The van der Waals surface area contributed by atoms with Crippen LogP contribution in [0.25, 0.3) is 0 Å². The quantitative estimate of drug-likeness (QED) is 0.811. The second kappa shape index (κ2) is 5.86. The number of hydrogen-bond donors (Lipinski definition) is 1. The highest BCUT2D eigenvalue weighted by Gasteiger charge is 2.33. The molecular formula is C12H27N3O2S. The lowest BCUT2D eigenvalue weighted by atomic mass is 9.94. The molecule has 0 radical (unpaired) electrons. The van der Waals surface area contributed by atoms with E-state index in [0.29, 0.717) is 32.1 Å². The zero-order valence-corrected chi connectivity index (χ0v) is 12.8. The van der Waals surface area contributed by atoms with Gasteiger partial charge in [-0.25, -0.2) is 0 Å². The summed E-state index contributed by atoms with van der Waals surface area (Å²) in [5, 5.41) is 0. The highest BCUT2D eigenvalue weighted by Crippen LogP contribution is 2.22. The predicted molar refractivity (Wildman–Crippen MR) is 74.4 cm³/mol. The van der Waals surface area contributed by atoms with E-state index in [9.17, 15) is 8.42 Å². The van der Waals surface area contributed by atoms with Gasteiger partial charge in [0.25, 0.3) is 10.2 Å². The van der Waals surface area contributed by atoms with Crippen molar-refractivity contribution in [3.63, 3.8) is 0 Å². The first kappa shape index (κ1) is 15.9. The van der Waals surface area contributed by atoms with Gasteiger partial charge in [0.05, 0.1) is 0 Å². The van der Waals surface area contributed by atoms with Gasteiger partial charge in [-0.2, -0.15) is 17.0 Å². The van der Waals surface area contributed by atoms with E-state index in [1.807, 2.05) is 13.8 Å². The van der Waals surface area contributed by atoms with E-state index in [1.54, 1.807) is 11.4 Å². The molecule has 1 aliphatic heterocycles. The fraction of sp³-hybridized carbons (Fsp3) is 1.00. The van der Waals surface area contributed by atoms with Crippen molar-refractivity contribution >= 4 is 10.2 Å². The summed E-state index contributed by atoms with van der Waals surface area (Å²) in [5.74, 6) is 0.449. The van der Waals surface area contributed by atoms with Crippen molar-refractivity contribution in [2.24, 2.45) is 17.1 Å². The zero-order valence-electron chi connectivity index (χ0n) is 12.0. The molecule has 0 aromatic rings. The van der Waals surface area contributed by atoms with Crippen LogP contribution in [0, 0.1) is 11.3 Å². The molecule has 108 valence electrons. The first-order valence-electron chi connectivity index (χ1n) is 6.60. The summed E-state index contributed by atoms with van der Waals surface area (Å²) in [7, 11) is -1.68. The Hall–Kier alpha value is -0.170. The number of nitrogens with zero attached hydrogens (tertiary/aromatic N) is 2. The van der Waals surface area contributed by atoms with Crippen LogP contribution in [0.4, 0.5) is 0 Å². The maximum absolute atomic E-state index is 12.4. The van der Waals surface area contributed by atoms with Crippen LogP contribution in [0.3, 0.4) is 0 Å². The second-order valence-electron chi connectivity index (χ2n) is 6.24. The lowest BCUT2D eigenvalue weighted by Crippen LogP contribution is -2.49. The lowest BCUT2D eigenvalue weighted by Gasteiger charge is -2.35. The highest BCUT2D eigenvalue weighted by atomic mass is 32.2. The fourth-order valence-electron chi connectivity index (χ4n) is 2.30. The Morgan fingerprint density at radius 3 is 2.56 bits per heavy atom. The predicted octanol–water partition coefficient (Wildman–Crippen LogP) is 0.880. The van der Waals surface area contributed by atoms with Crippen LogP contribution in [0.15, 0.2) is 0 Å². The van der Waals surface area contributed by atoms with Crippen LogP contribution < -0.4 is 5.73 Å². The summed E-state index contributed by atoms with van der Waals surface area (Å²) in [6.45, 7) is 8.27. The molecule has 1 atom stereocenters. The molecule has 0 bridgehead atoms. The van der Waals surface area contributed by atoms with Crippen molar-refractivity contribution < 1.29 is 8.42 Å². The van der Waals surface area contributed by atoms with Crippen LogP contribution in [-0.2, 0) is 10.2 Å². The van der Waals surface area contributed by atoms with Gasteiger partial charge in [-0.1, -0.05) is 20.8 Å². The molecule has 6 heteroatoms. The summed E-state index contributed by atoms with van der Waals surface area (Å²) in [6.07, 6.45) is 2.07. The molecule has 1 fully saturated rings. The smallest absolute Gasteiger partial charge is 0.281 e. The number of nitrogens with two attached hydrogens (primary N) is 1. The fourth-order valence-corrected chi connectivity index (χ4v) is 4.01. The Labute approximate surface area is 112 Å². The normalized spacial score (nSPS) is 23.6. The monoisotopic (exact) mass is 277 g/mol. The summed E-state index contributed by atoms with van der Waals surface area (Å²) in [5.41, 5.74) is 5.47. The molecule has 5 nitrogen and oxygen atoms in total. The van der Waals surface area contributed by atoms with Crippen LogP contribution in [0.1, 0.15) is 33.6 Å².